The zero-order valence-corrected chi connectivity index (χ0v) is 13.8. The van der Waals surface area contributed by atoms with Crippen molar-refractivity contribution in [2.24, 2.45) is 0 Å². The van der Waals surface area contributed by atoms with Gasteiger partial charge in [-0.3, -0.25) is 9.59 Å². The van der Waals surface area contributed by atoms with Gasteiger partial charge in [-0.15, -0.1) is 0 Å². The minimum Gasteiger partial charge on any atom is -0.325 e. The average molecular weight is 329 g/mol. The van der Waals surface area contributed by atoms with Crippen LogP contribution in [0.5, 0.6) is 0 Å². The van der Waals surface area contributed by atoms with Crippen molar-refractivity contribution in [3.05, 3.63) is 102 Å². The highest BCUT2D eigenvalue weighted by atomic mass is 16.1. The highest BCUT2D eigenvalue weighted by molar-refractivity contribution is 6.13. The standard InChI is InChI=1S/C22H19NO2/c24-21(16-15-17-9-3-1-4-10-17)23-20-14-8-7-13-19(20)22(25)18-11-5-2-6-12-18/h1-14H,15-16H2,(H,23,24). The number of anilines is 1. The molecule has 124 valence electrons. The number of benzene rings is 3. The van der Waals surface area contributed by atoms with Gasteiger partial charge in [0.2, 0.25) is 5.91 Å². The Bertz CT molecular complexity index is 857. The molecular formula is C22H19NO2. The van der Waals surface area contributed by atoms with Gasteiger partial charge >= 0.3 is 0 Å². The molecule has 0 unspecified atom stereocenters. The van der Waals surface area contributed by atoms with Crippen LogP contribution in [0.25, 0.3) is 0 Å². The van der Waals surface area contributed by atoms with E-state index in [4.69, 9.17) is 0 Å². The summed E-state index contributed by atoms with van der Waals surface area (Å²) < 4.78 is 0. The second-order valence-corrected chi connectivity index (χ2v) is 5.77. The Balaban J connectivity index is 1.70. The molecule has 3 aromatic rings. The van der Waals surface area contributed by atoms with Crippen LogP contribution in [-0.4, -0.2) is 11.7 Å². The first kappa shape index (κ1) is 16.7. The van der Waals surface area contributed by atoms with Crippen molar-refractivity contribution < 1.29 is 9.59 Å². The van der Waals surface area contributed by atoms with Gasteiger partial charge in [-0.05, 0) is 24.1 Å². The molecule has 0 aromatic heterocycles. The lowest BCUT2D eigenvalue weighted by Gasteiger charge is -2.10. The summed E-state index contributed by atoms with van der Waals surface area (Å²) in [6.45, 7) is 0. The van der Waals surface area contributed by atoms with Crippen LogP contribution in [0.2, 0.25) is 0 Å². The van der Waals surface area contributed by atoms with Gasteiger partial charge in [0.05, 0.1) is 5.69 Å². The summed E-state index contributed by atoms with van der Waals surface area (Å²) >= 11 is 0. The largest absolute Gasteiger partial charge is 0.325 e. The third kappa shape index (κ3) is 4.42. The lowest BCUT2D eigenvalue weighted by molar-refractivity contribution is -0.116. The minimum atomic E-state index is -0.0998. The van der Waals surface area contributed by atoms with Crippen LogP contribution < -0.4 is 5.32 Å². The van der Waals surface area contributed by atoms with Crippen molar-refractivity contribution >= 4 is 17.4 Å². The normalized spacial score (nSPS) is 10.2. The van der Waals surface area contributed by atoms with Crippen molar-refractivity contribution in [1.29, 1.82) is 0 Å². The quantitative estimate of drug-likeness (QED) is 0.677. The number of hydrogen-bond acceptors (Lipinski definition) is 2. The Morgan fingerprint density at radius 3 is 2.04 bits per heavy atom. The fourth-order valence-corrected chi connectivity index (χ4v) is 2.65. The summed E-state index contributed by atoms with van der Waals surface area (Å²) in [7, 11) is 0. The molecule has 3 nitrogen and oxygen atoms in total. The maximum atomic E-state index is 12.7. The number of hydrogen-bond donors (Lipinski definition) is 1. The first-order valence-corrected chi connectivity index (χ1v) is 8.26. The van der Waals surface area contributed by atoms with Crippen molar-refractivity contribution in [2.75, 3.05) is 5.32 Å². The van der Waals surface area contributed by atoms with Crippen LogP contribution in [0.15, 0.2) is 84.9 Å². The van der Waals surface area contributed by atoms with Gasteiger partial charge in [0.25, 0.3) is 0 Å². The van der Waals surface area contributed by atoms with E-state index in [1.54, 1.807) is 30.3 Å². The first-order valence-electron chi connectivity index (χ1n) is 8.26. The molecule has 3 rings (SSSR count). The molecule has 1 amide bonds. The Labute approximate surface area is 147 Å². The van der Waals surface area contributed by atoms with Gasteiger partial charge < -0.3 is 5.32 Å². The van der Waals surface area contributed by atoms with Gasteiger partial charge in [-0.25, -0.2) is 0 Å². The number of carbonyl (C=O) groups excluding carboxylic acids is 2. The van der Waals surface area contributed by atoms with Crippen LogP contribution in [-0.2, 0) is 11.2 Å². The predicted molar refractivity (Wildman–Crippen MR) is 99.7 cm³/mol. The van der Waals surface area contributed by atoms with E-state index in [1.807, 2.05) is 54.6 Å². The molecule has 0 saturated carbocycles. The fraction of sp³-hybridized carbons (Fsp3) is 0.0909. The molecule has 0 fully saturated rings. The maximum Gasteiger partial charge on any atom is 0.224 e. The van der Waals surface area contributed by atoms with Gasteiger partial charge in [0.15, 0.2) is 5.78 Å². The van der Waals surface area contributed by atoms with Gasteiger partial charge in [-0.2, -0.15) is 0 Å². The van der Waals surface area contributed by atoms with Crippen molar-refractivity contribution in [3.63, 3.8) is 0 Å². The van der Waals surface area contributed by atoms with E-state index in [0.717, 1.165) is 5.56 Å². The second-order valence-electron chi connectivity index (χ2n) is 5.77. The Hall–Kier alpha value is -3.20. The number of ketones is 1. The van der Waals surface area contributed by atoms with Crippen LogP contribution >= 0.6 is 0 Å². The molecule has 0 heterocycles. The number of aryl methyl sites for hydroxylation is 1. The summed E-state index contributed by atoms with van der Waals surface area (Å²) in [6, 6.07) is 26.1. The Morgan fingerprint density at radius 2 is 1.32 bits per heavy atom. The summed E-state index contributed by atoms with van der Waals surface area (Å²) in [4.78, 5) is 25.0. The second kappa shape index (κ2) is 8.06. The van der Waals surface area contributed by atoms with Gasteiger partial charge in [0, 0.05) is 17.5 Å². The summed E-state index contributed by atoms with van der Waals surface area (Å²) in [5.74, 6) is -0.197. The minimum absolute atomic E-state index is 0.0976. The fourth-order valence-electron chi connectivity index (χ4n) is 2.65. The number of carbonyl (C=O) groups is 2. The lowest BCUT2D eigenvalue weighted by Crippen LogP contribution is -2.15. The Kier molecular flexibility index (Phi) is 5.37. The van der Waals surface area contributed by atoms with Crippen LogP contribution in [0, 0.1) is 0 Å². The molecule has 0 spiro atoms. The maximum absolute atomic E-state index is 12.7. The van der Waals surface area contributed by atoms with Crippen molar-refractivity contribution in [3.8, 4) is 0 Å². The van der Waals surface area contributed by atoms with E-state index in [0.29, 0.717) is 29.7 Å². The smallest absolute Gasteiger partial charge is 0.224 e. The zero-order valence-electron chi connectivity index (χ0n) is 13.8. The third-order valence-corrected chi connectivity index (χ3v) is 3.97. The lowest BCUT2D eigenvalue weighted by atomic mass is 10.0. The highest BCUT2D eigenvalue weighted by Gasteiger charge is 2.14. The molecule has 0 atom stereocenters. The Morgan fingerprint density at radius 1 is 0.720 bits per heavy atom. The number of rotatable bonds is 6. The van der Waals surface area contributed by atoms with E-state index >= 15 is 0 Å². The topological polar surface area (TPSA) is 46.2 Å². The SMILES string of the molecule is O=C(CCc1ccccc1)Nc1ccccc1C(=O)c1ccccc1. The molecule has 0 saturated heterocycles. The molecule has 0 aliphatic carbocycles. The molecule has 25 heavy (non-hydrogen) atoms. The molecule has 0 radical (unpaired) electrons. The van der Waals surface area contributed by atoms with Crippen LogP contribution in [0.4, 0.5) is 5.69 Å². The molecular weight excluding hydrogens is 310 g/mol. The summed E-state index contributed by atoms with van der Waals surface area (Å²) in [5, 5.41) is 2.87. The van der Waals surface area contributed by atoms with E-state index in [1.165, 1.54) is 0 Å². The number of para-hydroxylation sites is 1. The number of nitrogens with one attached hydrogen (secondary N) is 1. The van der Waals surface area contributed by atoms with E-state index in [2.05, 4.69) is 5.32 Å². The van der Waals surface area contributed by atoms with Gasteiger partial charge in [0.1, 0.15) is 0 Å². The average Bonchev–Trinajstić information content (AvgIpc) is 2.68. The number of amides is 1. The van der Waals surface area contributed by atoms with Gasteiger partial charge in [-0.1, -0.05) is 72.8 Å². The summed E-state index contributed by atoms with van der Waals surface area (Å²) in [6.07, 6.45) is 1.04. The zero-order chi connectivity index (χ0) is 17.5. The molecule has 0 bridgehead atoms. The molecule has 1 N–H and O–H groups in total. The molecule has 3 aromatic carbocycles. The van der Waals surface area contributed by atoms with E-state index in [9.17, 15) is 9.59 Å². The van der Waals surface area contributed by atoms with Crippen molar-refractivity contribution in [2.45, 2.75) is 12.8 Å². The van der Waals surface area contributed by atoms with Crippen LogP contribution in [0.1, 0.15) is 27.9 Å². The predicted octanol–water partition coefficient (Wildman–Crippen LogP) is 4.49. The highest BCUT2D eigenvalue weighted by Crippen LogP contribution is 2.19. The van der Waals surface area contributed by atoms with Crippen LogP contribution in [0.3, 0.4) is 0 Å². The van der Waals surface area contributed by atoms with Crippen molar-refractivity contribution in [1.82, 2.24) is 0 Å². The van der Waals surface area contributed by atoms with E-state index < -0.39 is 0 Å². The third-order valence-electron chi connectivity index (χ3n) is 3.97. The molecule has 0 aliphatic rings. The molecule has 0 aliphatic heterocycles. The monoisotopic (exact) mass is 329 g/mol. The molecule has 3 heteroatoms. The summed E-state index contributed by atoms with van der Waals surface area (Å²) in [5.41, 5.74) is 2.77. The van der Waals surface area contributed by atoms with E-state index in [-0.39, 0.29) is 11.7 Å². The first-order chi connectivity index (χ1) is 12.2.